The normalized spacial score (nSPS) is 21.6. The van der Waals surface area contributed by atoms with Crippen molar-refractivity contribution >= 4 is 41.3 Å². The van der Waals surface area contributed by atoms with Gasteiger partial charge in [-0.2, -0.15) is 0 Å². The Morgan fingerprint density at radius 2 is 1.97 bits per heavy atom. The number of hydrogen-bond acceptors (Lipinski definition) is 5. The molecular formula is C22H41IN6S. The van der Waals surface area contributed by atoms with Gasteiger partial charge in [0, 0.05) is 37.6 Å². The monoisotopic (exact) mass is 548 g/mol. The van der Waals surface area contributed by atoms with Crippen molar-refractivity contribution in [1.29, 1.82) is 0 Å². The molecule has 3 heterocycles. The number of aromatic nitrogens is 1. The van der Waals surface area contributed by atoms with Crippen molar-refractivity contribution in [1.82, 2.24) is 25.4 Å². The number of rotatable bonds is 9. The highest BCUT2D eigenvalue weighted by atomic mass is 127. The number of aryl methyl sites for hydroxylation is 1. The SMILES string of the molecule is CCNC(=NCC1CCN(Cc2csc(CC)n2)CC1)NCC1CCCN1CC.I. The summed E-state index contributed by atoms with van der Waals surface area (Å²) < 4.78 is 0. The number of halogens is 1. The molecule has 0 aromatic carbocycles. The van der Waals surface area contributed by atoms with Gasteiger partial charge in [-0.15, -0.1) is 35.3 Å². The van der Waals surface area contributed by atoms with Gasteiger partial charge in [0.15, 0.2) is 5.96 Å². The minimum Gasteiger partial charge on any atom is -0.357 e. The number of guanidine groups is 1. The van der Waals surface area contributed by atoms with E-state index in [1.54, 1.807) is 11.3 Å². The van der Waals surface area contributed by atoms with Gasteiger partial charge in [-0.3, -0.25) is 14.8 Å². The Kier molecular flexibility index (Phi) is 11.9. The minimum absolute atomic E-state index is 0. The molecule has 0 spiro atoms. The first-order valence-corrected chi connectivity index (χ1v) is 12.5. The van der Waals surface area contributed by atoms with E-state index in [0.29, 0.717) is 12.0 Å². The summed E-state index contributed by atoms with van der Waals surface area (Å²) >= 11 is 1.80. The Morgan fingerprint density at radius 3 is 2.63 bits per heavy atom. The van der Waals surface area contributed by atoms with E-state index >= 15 is 0 Å². The van der Waals surface area contributed by atoms with Crippen LogP contribution in [0, 0.1) is 5.92 Å². The molecule has 2 fully saturated rings. The zero-order valence-electron chi connectivity index (χ0n) is 19.0. The molecule has 0 amide bonds. The molecule has 0 saturated carbocycles. The van der Waals surface area contributed by atoms with Crippen molar-refractivity contribution in [2.75, 3.05) is 45.8 Å². The van der Waals surface area contributed by atoms with Crippen LogP contribution in [0.1, 0.15) is 57.2 Å². The quantitative estimate of drug-likeness (QED) is 0.281. The van der Waals surface area contributed by atoms with Crippen LogP contribution in [0.15, 0.2) is 10.4 Å². The van der Waals surface area contributed by atoms with Crippen LogP contribution >= 0.6 is 35.3 Å². The minimum atomic E-state index is 0. The van der Waals surface area contributed by atoms with Crippen molar-refractivity contribution in [3.8, 4) is 0 Å². The molecule has 0 bridgehead atoms. The number of likely N-dealkylation sites (tertiary alicyclic amines) is 2. The lowest BCUT2D eigenvalue weighted by molar-refractivity contribution is 0.179. The van der Waals surface area contributed by atoms with E-state index in [1.165, 1.54) is 42.9 Å². The van der Waals surface area contributed by atoms with E-state index in [9.17, 15) is 0 Å². The number of hydrogen-bond donors (Lipinski definition) is 2. The molecular weight excluding hydrogens is 507 g/mol. The van der Waals surface area contributed by atoms with Gasteiger partial charge < -0.3 is 10.6 Å². The van der Waals surface area contributed by atoms with Gasteiger partial charge in [0.2, 0.25) is 0 Å². The first-order valence-electron chi connectivity index (χ1n) is 11.6. The molecule has 2 aliphatic heterocycles. The molecule has 1 aromatic rings. The molecule has 8 heteroatoms. The molecule has 0 radical (unpaired) electrons. The summed E-state index contributed by atoms with van der Waals surface area (Å²) in [7, 11) is 0. The summed E-state index contributed by atoms with van der Waals surface area (Å²) in [5.74, 6) is 1.69. The molecule has 0 aliphatic carbocycles. The Hall–Kier alpha value is -0.450. The molecule has 1 aromatic heterocycles. The van der Waals surface area contributed by atoms with Gasteiger partial charge >= 0.3 is 0 Å². The van der Waals surface area contributed by atoms with Crippen LogP contribution in [0.4, 0.5) is 0 Å². The van der Waals surface area contributed by atoms with Gasteiger partial charge in [-0.05, 0) is 71.1 Å². The first kappa shape index (κ1) is 25.8. The van der Waals surface area contributed by atoms with E-state index in [2.05, 4.69) is 46.6 Å². The summed E-state index contributed by atoms with van der Waals surface area (Å²) in [5.41, 5.74) is 1.25. The van der Waals surface area contributed by atoms with E-state index in [1.807, 2.05) is 0 Å². The van der Waals surface area contributed by atoms with Gasteiger partial charge in [0.05, 0.1) is 10.7 Å². The van der Waals surface area contributed by atoms with Crippen molar-refractivity contribution in [3.63, 3.8) is 0 Å². The van der Waals surface area contributed by atoms with Gasteiger partial charge in [0.25, 0.3) is 0 Å². The van der Waals surface area contributed by atoms with E-state index in [4.69, 9.17) is 9.98 Å². The summed E-state index contributed by atoms with van der Waals surface area (Å²) in [6, 6.07) is 0.658. The summed E-state index contributed by atoms with van der Waals surface area (Å²) in [5, 5.41) is 10.5. The van der Waals surface area contributed by atoms with Gasteiger partial charge in [-0.25, -0.2) is 4.98 Å². The highest BCUT2D eigenvalue weighted by Crippen LogP contribution is 2.20. The van der Waals surface area contributed by atoms with Crippen LogP contribution in [-0.2, 0) is 13.0 Å². The van der Waals surface area contributed by atoms with Crippen LogP contribution in [0.3, 0.4) is 0 Å². The lowest BCUT2D eigenvalue weighted by Crippen LogP contribution is -2.45. The second-order valence-electron chi connectivity index (χ2n) is 8.33. The number of nitrogens with one attached hydrogen (secondary N) is 2. The lowest BCUT2D eigenvalue weighted by Gasteiger charge is -2.31. The topological polar surface area (TPSA) is 55.8 Å². The zero-order chi connectivity index (χ0) is 20.5. The van der Waals surface area contributed by atoms with Gasteiger partial charge in [-0.1, -0.05) is 13.8 Å². The zero-order valence-corrected chi connectivity index (χ0v) is 22.2. The molecule has 172 valence electrons. The third-order valence-electron chi connectivity index (χ3n) is 6.26. The molecule has 2 aliphatic rings. The molecule has 3 rings (SSSR count). The summed E-state index contributed by atoms with van der Waals surface area (Å²) in [6.45, 7) is 15.2. The summed E-state index contributed by atoms with van der Waals surface area (Å²) in [4.78, 5) is 14.8. The maximum Gasteiger partial charge on any atom is 0.191 e. The average molecular weight is 549 g/mol. The van der Waals surface area contributed by atoms with Crippen molar-refractivity contribution < 1.29 is 0 Å². The molecule has 6 nitrogen and oxygen atoms in total. The van der Waals surface area contributed by atoms with Crippen LogP contribution in [-0.4, -0.2) is 72.6 Å². The predicted octanol–water partition coefficient (Wildman–Crippen LogP) is 3.57. The number of nitrogens with zero attached hydrogens (tertiary/aromatic N) is 4. The fourth-order valence-electron chi connectivity index (χ4n) is 4.46. The number of aliphatic imine (C=N–C) groups is 1. The fourth-order valence-corrected chi connectivity index (χ4v) is 5.20. The fraction of sp³-hybridized carbons (Fsp3) is 0.818. The van der Waals surface area contributed by atoms with Crippen molar-refractivity contribution in [2.45, 2.75) is 65.5 Å². The Bertz CT molecular complexity index is 629. The second kappa shape index (κ2) is 13.9. The first-order chi connectivity index (χ1) is 14.2. The molecule has 1 unspecified atom stereocenters. The van der Waals surface area contributed by atoms with Crippen LogP contribution in [0.25, 0.3) is 0 Å². The highest BCUT2D eigenvalue weighted by molar-refractivity contribution is 14.0. The molecule has 30 heavy (non-hydrogen) atoms. The maximum atomic E-state index is 4.92. The molecule has 1 atom stereocenters. The smallest absolute Gasteiger partial charge is 0.191 e. The van der Waals surface area contributed by atoms with E-state index in [0.717, 1.165) is 58.2 Å². The molecule has 2 N–H and O–H groups in total. The standard InChI is InChI=1S/C22H40N6S.HI/c1-4-21-26-19(17-29-21)16-27-12-9-18(10-13-27)14-24-22(23-5-2)25-15-20-8-7-11-28(20)6-3;/h17-18,20H,4-16H2,1-3H3,(H2,23,24,25);1H. The summed E-state index contributed by atoms with van der Waals surface area (Å²) in [6.07, 6.45) is 6.15. The average Bonchev–Trinajstić information content (AvgIpc) is 3.40. The van der Waals surface area contributed by atoms with Crippen LogP contribution in [0.2, 0.25) is 0 Å². The Morgan fingerprint density at radius 1 is 1.17 bits per heavy atom. The lowest BCUT2D eigenvalue weighted by atomic mass is 9.97. The van der Waals surface area contributed by atoms with Crippen LogP contribution < -0.4 is 10.6 Å². The molecule has 2 saturated heterocycles. The predicted molar refractivity (Wildman–Crippen MR) is 139 cm³/mol. The number of piperidine rings is 1. The maximum absolute atomic E-state index is 4.92. The van der Waals surface area contributed by atoms with E-state index in [-0.39, 0.29) is 24.0 Å². The second-order valence-corrected chi connectivity index (χ2v) is 9.27. The number of thiazole rings is 1. The van der Waals surface area contributed by atoms with Crippen LogP contribution in [0.5, 0.6) is 0 Å². The highest BCUT2D eigenvalue weighted by Gasteiger charge is 2.23. The number of likely N-dealkylation sites (N-methyl/N-ethyl adjacent to an activating group) is 1. The van der Waals surface area contributed by atoms with Gasteiger partial charge in [0.1, 0.15) is 0 Å². The van der Waals surface area contributed by atoms with Crippen molar-refractivity contribution in [2.24, 2.45) is 10.9 Å². The largest absolute Gasteiger partial charge is 0.357 e. The third kappa shape index (κ3) is 7.91. The Labute approximate surface area is 204 Å². The Balaban J connectivity index is 0.00000320. The van der Waals surface area contributed by atoms with Crippen molar-refractivity contribution in [3.05, 3.63) is 16.1 Å². The van der Waals surface area contributed by atoms with E-state index < -0.39 is 0 Å². The third-order valence-corrected chi connectivity index (χ3v) is 7.30.